The van der Waals surface area contributed by atoms with E-state index in [4.69, 9.17) is 0 Å². The van der Waals surface area contributed by atoms with Gasteiger partial charge >= 0.3 is 0 Å². The van der Waals surface area contributed by atoms with Crippen LogP contribution in [0.3, 0.4) is 0 Å². The standard InChI is InChI=1S/C15H21N5OS/c1-4-12(5-6-13-10(2)7-8-22-13)19-15-18-11(3)17-14(20-15)16-9-21/h7-9,12H,4-6H2,1-3H3,(H2,16,17,18,19,20,21). The lowest BCUT2D eigenvalue weighted by Gasteiger charge is -2.17. The minimum absolute atomic E-state index is 0.272. The highest BCUT2D eigenvalue weighted by Crippen LogP contribution is 2.19. The van der Waals surface area contributed by atoms with Crippen molar-refractivity contribution in [2.45, 2.75) is 46.1 Å². The van der Waals surface area contributed by atoms with Gasteiger partial charge in [0.05, 0.1) is 0 Å². The number of aryl methyl sites for hydroxylation is 3. The molecule has 22 heavy (non-hydrogen) atoms. The summed E-state index contributed by atoms with van der Waals surface area (Å²) in [4.78, 5) is 24.5. The minimum Gasteiger partial charge on any atom is -0.351 e. The average Bonchev–Trinajstić information content (AvgIpc) is 2.88. The zero-order valence-electron chi connectivity index (χ0n) is 13.1. The molecule has 1 atom stereocenters. The Bertz CT molecular complexity index is 628. The minimum atomic E-state index is 0.272. The first-order chi connectivity index (χ1) is 10.6. The fourth-order valence-electron chi connectivity index (χ4n) is 2.19. The van der Waals surface area contributed by atoms with E-state index in [-0.39, 0.29) is 12.0 Å². The first-order valence-corrected chi connectivity index (χ1v) is 8.22. The van der Waals surface area contributed by atoms with E-state index in [1.54, 1.807) is 18.3 Å². The van der Waals surface area contributed by atoms with E-state index in [1.807, 2.05) is 0 Å². The molecule has 2 N–H and O–H groups in total. The first kappa shape index (κ1) is 16.4. The van der Waals surface area contributed by atoms with Gasteiger partial charge in [-0.1, -0.05) is 6.92 Å². The summed E-state index contributed by atoms with van der Waals surface area (Å²) in [6, 6.07) is 2.44. The largest absolute Gasteiger partial charge is 0.351 e. The second-order valence-corrected chi connectivity index (χ2v) is 6.11. The molecule has 0 radical (unpaired) electrons. The maximum Gasteiger partial charge on any atom is 0.234 e. The van der Waals surface area contributed by atoms with E-state index in [1.165, 1.54) is 10.4 Å². The molecule has 0 bridgehead atoms. The molecule has 0 aliphatic heterocycles. The Kier molecular flexibility index (Phi) is 5.83. The van der Waals surface area contributed by atoms with Crippen LogP contribution in [0.15, 0.2) is 11.4 Å². The molecule has 2 aromatic heterocycles. The highest BCUT2D eigenvalue weighted by molar-refractivity contribution is 7.10. The van der Waals surface area contributed by atoms with Crippen LogP contribution in [0.1, 0.15) is 36.0 Å². The number of carbonyl (C=O) groups is 1. The van der Waals surface area contributed by atoms with Crippen molar-refractivity contribution in [1.82, 2.24) is 15.0 Å². The highest BCUT2D eigenvalue weighted by Gasteiger charge is 2.11. The van der Waals surface area contributed by atoms with Crippen LogP contribution >= 0.6 is 11.3 Å². The summed E-state index contributed by atoms with van der Waals surface area (Å²) in [5.74, 6) is 1.35. The fourth-order valence-corrected chi connectivity index (χ4v) is 3.12. The molecule has 0 saturated heterocycles. The van der Waals surface area contributed by atoms with Gasteiger partial charge in [-0.3, -0.25) is 10.1 Å². The molecule has 118 valence electrons. The van der Waals surface area contributed by atoms with Gasteiger partial charge in [0.1, 0.15) is 5.82 Å². The molecule has 0 aliphatic rings. The second-order valence-electron chi connectivity index (χ2n) is 5.11. The summed E-state index contributed by atoms with van der Waals surface area (Å²) in [6.07, 6.45) is 3.60. The van der Waals surface area contributed by atoms with Crippen LogP contribution in [0.4, 0.5) is 11.9 Å². The number of hydrogen-bond acceptors (Lipinski definition) is 6. The van der Waals surface area contributed by atoms with E-state index >= 15 is 0 Å². The van der Waals surface area contributed by atoms with Gasteiger partial charge in [0.2, 0.25) is 18.3 Å². The normalized spacial score (nSPS) is 12.0. The average molecular weight is 319 g/mol. The number of nitrogens with one attached hydrogen (secondary N) is 2. The van der Waals surface area contributed by atoms with Gasteiger partial charge in [-0.2, -0.15) is 15.0 Å². The summed E-state index contributed by atoms with van der Waals surface area (Å²) in [7, 11) is 0. The van der Waals surface area contributed by atoms with Crippen molar-refractivity contribution in [3.63, 3.8) is 0 Å². The van der Waals surface area contributed by atoms with Gasteiger partial charge in [-0.05, 0) is 50.1 Å². The van der Waals surface area contributed by atoms with E-state index in [0.29, 0.717) is 18.2 Å². The molecule has 2 heterocycles. The van der Waals surface area contributed by atoms with E-state index in [0.717, 1.165) is 19.3 Å². The summed E-state index contributed by atoms with van der Waals surface area (Å²) in [5.41, 5.74) is 1.35. The van der Waals surface area contributed by atoms with Gasteiger partial charge in [0, 0.05) is 10.9 Å². The van der Waals surface area contributed by atoms with Gasteiger partial charge in [0.25, 0.3) is 0 Å². The zero-order valence-corrected chi connectivity index (χ0v) is 13.9. The highest BCUT2D eigenvalue weighted by atomic mass is 32.1. The van der Waals surface area contributed by atoms with Crippen LogP contribution in [0.25, 0.3) is 0 Å². The van der Waals surface area contributed by atoms with Crippen molar-refractivity contribution < 1.29 is 4.79 Å². The molecule has 1 amide bonds. The predicted molar refractivity (Wildman–Crippen MR) is 89.3 cm³/mol. The fraction of sp³-hybridized carbons (Fsp3) is 0.467. The van der Waals surface area contributed by atoms with Gasteiger partial charge < -0.3 is 5.32 Å². The molecule has 0 fully saturated rings. The molecule has 1 unspecified atom stereocenters. The Labute approximate surface area is 134 Å². The Morgan fingerprint density at radius 3 is 2.68 bits per heavy atom. The molecule has 7 heteroatoms. The molecule has 0 spiro atoms. The summed E-state index contributed by atoms with van der Waals surface area (Å²) >= 11 is 1.80. The molecule has 0 aliphatic carbocycles. The van der Waals surface area contributed by atoms with Crippen LogP contribution in [0.5, 0.6) is 0 Å². The zero-order chi connectivity index (χ0) is 15.9. The van der Waals surface area contributed by atoms with Gasteiger partial charge in [-0.25, -0.2) is 0 Å². The van der Waals surface area contributed by atoms with Crippen LogP contribution in [-0.2, 0) is 11.2 Å². The number of nitrogens with zero attached hydrogens (tertiary/aromatic N) is 3. The SMILES string of the molecule is CCC(CCc1sccc1C)Nc1nc(C)nc(NC=O)n1. The van der Waals surface area contributed by atoms with Crippen LogP contribution in [0.2, 0.25) is 0 Å². The number of amides is 1. The number of aromatic nitrogens is 3. The maximum absolute atomic E-state index is 10.5. The van der Waals surface area contributed by atoms with E-state index in [2.05, 4.69) is 50.9 Å². The third-order valence-electron chi connectivity index (χ3n) is 3.45. The lowest BCUT2D eigenvalue weighted by atomic mass is 10.1. The van der Waals surface area contributed by atoms with Crippen LogP contribution < -0.4 is 10.6 Å². The van der Waals surface area contributed by atoms with Gasteiger partial charge in [0.15, 0.2) is 0 Å². The maximum atomic E-state index is 10.5. The van der Waals surface area contributed by atoms with Gasteiger partial charge in [-0.15, -0.1) is 11.3 Å². The molecule has 6 nitrogen and oxygen atoms in total. The number of hydrogen-bond donors (Lipinski definition) is 2. The number of carbonyl (C=O) groups excluding carboxylic acids is 1. The monoisotopic (exact) mass is 319 g/mol. The lowest BCUT2D eigenvalue weighted by Crippen LogP contribution is -2.21. The number of anilines is 2. The van der Waals surface area contributed by atoms with Crippen molar-refractivity contribution in [3.05, 3.63) is 27.7 Å². The summed E-state index contributed by atoms with van der Waals surface area (Å²) in [5, 5.41) is 7.93. The van der Waals surface area contributed by atoms with Crippen molar-refractivity contribution in [3.8, 4) is 0 Å². The van der Waals surface area contributed by atoms with E-state index < -0.39 is 0 Å². The van der Waals surface area contributed by atoms with Crippen LogP contribution in [0, 0.1) is 13.8 Å². The quantitative estimate of drug-likeness (QED) is 0.731. The predicted octanol–water partition coefficient (Wildman–Crippen LogP) is 2.94. The van der Waals surface area contributed by atoms with Crippen LogP contribution in [-0.4, -0.2) is 27.4 Å². The smallest absolute Gasteiger partial charge is 0.234 e. The molecule has 0 aromatic carbocycles. The second kappa shape index (κ2) is 7.84. The van der Waals surface area contributed by atoms with Crippen molar-refractivity contribution in [2.75, 3.05) is 10.6 Å². The Morgan fingerprint density at radius 1 is 1.27 bits per heavy atom. The van der Waals surface area contributed by atoms with Crippen molar-refractivity contribution in [1.29, 1.82) is 0 Å². The Balaban J connectivity index is 2.00. The first-order valence-electron chi connectivity index (χ1n) is 7.34. The summed E-state index contributed by atoms with van der Waals surface area (Å²) in [6.45, 7) is 6.06. The van der Waals surface area contributed by atoms with E-state index in [9.17, 15) is 4.79 Å². The molecule has 2 rings (SSSR count). The molecule has 2 aromatic rings. The van der Waals surface area contributed by atoms with Crippen molar-refractivity contribution in [2.24, 2.45) is 0 Å². The lowest BCUT2D eigenvalue weighted by molar-refractivity contribution is -0.105. The number of rotatable bonds is 8. The summed E-state index contributed by atoms with van der Waals surface area (Å²) < 4.78 is 0. The molecular formula is C15H21N5OS. The number of thiophene rings is 1. The molecular weight excluding hydrogens is 298 g/mol. The molecule has 0 saturated carbocycles. The third-order valence-corrected chi connectivity index (χ3v) is 4.53. The van der Waals surface area contributed by atoms with Crippen molar-refractivity contribution >= 4 is 29.6 Å². The third kappa shape index (κ3) is 4.49. The Hall–Kier alpha value is -2.02. The topological polar surface area (TPSA) is 79.8 Å². The Morgan fingerprint density at radius 2 is 2.05 bits per heavy atom.